The average Bonchev–Trinajstić information content (AvgIpc) is 3.17. The minimum atomic E-state index is -0.0775. The molecule has 0 aromatic heterocycles. The summed E-state index contributed by atoms with van der Waals surface area (Å²) in [6, 6.07) is 3.06. The Kier molecular flexibility index (Phi) is 24.4. The predicted octanol–water partition coefficient (Wildman–Crippen LogP) is 14.3. The van der Waals surface area contributed by atoms with Gasteiger partial charge in [0.25, 0.3) is 0 Å². The van der Waals surface area contributed by atoms with E-state index in [4.69, 9.17) is 9.47 Å². The molecule has 1 unspecified atom stereocenters. The van der Waals surface area contributed by atoms with Crippen molar-refractivity contribution in [1.29, 1.82) is 0 Å². The van der Waals surface area contributed by atoms with E-state index in [-0.39, 0.29) is 11.4 Å². The maximum Gasteiger partial charge on any atom is 0.126 e. The van der Waals surface area contributed by atoms with Gasteiger partial charge in [0.2, 0.25) is 0 Å². The van der Waals surface area contributed by atoms with Gasteiger partial charge in [0.1, 0.15) is 11.4 Å². The van der Waals surface area contributed by atoms with Gasteiger partial charge >= 0.3 is 0 Å². The Hall–Kier alpha value is -0.500. The molecule has 0 amide bonds. The summed E-state index contributed by atoms with van der Waals surface area (Å²) in [5.41, 5.74) is 0.688. The molecule has 1 atom stereocenters. The molecule has 0 saturated carbocycles. The number of nitrogens with zero attached hydrogens (tertiary/aromatic N) is 4. The molecule has 3 fully saturated rings. The summed E-state index contributed by atoms with van der Waals surface area (Å²) in [7, 11) is 0. The summed E-state index contributed by atoms with van der Waals surface area (Å²) in [4.78, 5) is 10.6. The van der Waals surface area contributed by atoms with Crippen molar-refractivity contribution in [3.05, 3.63) is 12.2 Å². The van der Waals surface area contributed by atoms with Gasteiger partial charge in [-0.15, -0.1) is 0 Å². The van der Waals surface area contributed by atoms with Gasteiger partial charge in [0.05, 0.1) is 13.2 Å². The lowest BCUT2D eigenvalue weighted by Gasteiger charge is -2.56. The van der Waals surface area contributed by atoms with Crippen molar-refractivity contribution in [2.75, 3.05) is 32.8 Å². The standard InChI is InChI=1S/C14H29NO.C14H29N.C14H27N.C13H27NO/c1-10(2)14(11(3)4)15(12(5)6)13(7)8-9-16-14;2*1-11(2)14(12(3)4)9-7-8-10-15(14)13(5)6;1-10(2)13(11(3)4)14(12(5)6)8-7-9-15-13/h10-13H,8-9H2,1-7H3;11-13H,7-10H2,1-6H3;7-8,11-13H,9-10H2,1-6H3;10-12H,7-9H2,1-6H3. The normalized spacial score (nSPS) is 23.8. The van der Waals surface area contributed by atoms with E-state index < -0.39 is 0 Å². The van der Waals surface area contributed by atoms with Gasteiger partial charge in [-0.25, -0.2) is 0 Å². The Morgan fingerprint density at radius 3 is 1.18 bits per heavy atom. The average molecular weight is 862 g/mol. The van der Waals surface area contributed by atoms with Crippen LogP contribution in [-0.2, 0) is 9.47 Å². The molecule has 0 aromatic carbocycles. The zero-order valence-electron chi connectivity index (χ0n) is 46.0. The van der Waals surface area contributed by atoms with Crippen molar-refractivity contribution in [3.8, 4) is 0 Å². The van der Waals surface area contributed by atoms with Crippen molar-refractivity contribution in [3.63, 3.8) is 0 Å². The maximum atomic E-state index is 6.26. The van der Waals surface area contributed by atoms with E-state index >= 15 is 0 Å². The summed E-state index contributed by atoms with van der Waals surface area (Å²) in [6.45, 7) is 63.5. The second kappa shape index (κ2) is 25.4. The Morgan fingerprint density at radius 2 is 0.852 bits per heavy atom. The minimum absolute atomic E-state index is 0.0492. The second-order valence-electron chi connectivity index (χ2n) is 23.4. The lowest BCUT2D eigenvalue weighted by molar-refractivity contribution is -0.260. The zero-order chi connectivity index (χ0) is 47.4. The van der Waals surface area contributed by atoms with Crippen LogP contribution in [0.2, 0.25) is 0 Å². The highest BCUT2D eigenvalue weighted by molar-refractivity contribution is 5.09. The van der Waals surface area contributed by atoms with Crippen molar-refractivity contribution in [2.45, 2.75) is 264 Å². The van der Waals surface area contributed by atoms with E-state index in [0.29, 0.717) is 76.8 Å². The SMILES string of the molecule is CC(C)N1C(C)CCOC1(C(C)C)C(C)C.CC(C)N1CC=CCC1(C(C)C)C(C)C.CC(C)N1CCCCC1(C(C)C)C(C)C.CC(C)N1CCCOC1(C(C)C)C(C)C. The molecule has 4 aliphatic heterocycles. The van der Waals surface area contributed by atoms with Crippen LogP contribution in [0, 0.1) is 47.3 Å². The fraction of sp³-hybridized carbons (Fsp3) is 0.964. The Labute approximate surface area is 384 Å². The summed E-state index contributed by atoms with van der Waals surface area (Å²) in [6.07, 6.45) is 12.4. The highest BCUT2D eigenvalue weighted by Gasteiger charge is 2.50. The molecule has 3 saturated heterocycles. The van der Waals surface area contributed by atoms with Crippen LogP contribution >= 0.6 is 0 Å². The van der Waals surface area contributed by atoms with Gasteiger partial charge < -0.3 is 9.47 Å². The third-order valence-corrected chi connectivity index (χ3v) is 16.0. The molecule has 0 aromatic rings. The van der Waals surface area contributed by atoms with E-state index in [2.05, 4.69) is 205 Å². The van der Waals surface area contributed by atoms with Gasteiger partial charge in [0, 0.05) is 54.4 Å². The molecule has 4 heterocycles. The fourth-order valence-corrected chi connectivity index (χ4v) is 13.4. The first-order valence-corrected chi connectivity index (χ1v) is 26.1. The number of ether oxygens (including phenoxy) is 2. The zero-order valence-corrected chi connectivity index (χ0v) is 46.0. The quantitative estimate of drug-likeness (QED) is 0.182. The van der Waals surface area contributed by atoms with Gasteiger partial charge in [-0.1, -0.05) is 129 Å². The summed E-state index contributed by atoms with van der Waals surface area (Å²) < 4.78 is 12.4. The van der Waals surface area contributed by atoms with Crippen LogP contribution in [0.3, 0.4) is 0 Å². The van der Waals surface area contributed by atoms with E-state index in [1.165, 1.54) is 45.2 Å². The number of hydrogen-bond donors (Lipinski definition) is 0. The first kappa shape index (κ1) is 58.5. The van der Waals surface area contributed by atoms with Crippen LogP contribution in [0.1, 0.15) is 212 Å². The molecule has 0 N–H and O–H groups in total. The van der Waals surface area contributed by atoms with Crippen molar-refractivity contribution < 1.29 is 9.47 Å². The predicted molar refractivity (Wildman–Crippen MR) is 270 cm³/mol. The summed E-state index contributed by atoms with van der Waals surface area (Å²) >= 11 is 0. The van der Waals surface area contributed by atoms with Gasteiger partial charge in [-0.05, 0) is 148 Å². The van der Waals surface area contributed by atoms with Crippen LogP contribution in [0.25, 0.3) is 0 Å². The lowest BCUT2D eigenvalue weighted by atomic mass is 9.69. The van der Waals surface area contributed by atoms with Crippen molar-refractivity contribution in [1.82, 2.24) is 19.6 Å². The smallest absolute Gasteiger partial charge is 0.126 e. The van der Waals surface area contributed by atoms with Crippen molar-refractivity contribution in [2.24, 2.45) is 47.3 Å². The van der Waals surface area contributed by atoms with E-state index in [1.54, 1.807) is 0 Å². The van der Waals surface area contributed by atoms with Crippen molar-refractivity contribution >= 4 is 0 Å². The molecule has 4 rings (SSSR count). The van der Waals surface area contributed by atoms with Crippen LogP contribution in [-0.4, -0.2) is 105 Å². The number of piperidine rings is 1. The van der Waals surface area contributed by atoms with Crippen LogP contribution < -0.4 is 0 Å². The molecule has 6 heteroatoms. The molecule has 61 heavy (non-hydrogen) atoms. The largest absolute Gasteiger partial charge is 0.360 e. The van der Waals surface area contributed by atoms with Gasteiger partial charge in [-0.3, -0.25) is 19.6 Å². The summed E-state index contributed by atoms with van der Waals surface area (Å²) in [5.74, 6) is 5.09. The maximum absolute atomic E-state index is 6.26. The molecular weight excluding hydrogens is 749 g/mol. The fourth-order valence-electron chi connectivity index (χ4n) is 13.4. The molecule has 0 bridgehead atoms. The summed E-state index contributed by atoms with van der Waals surface area (Å²) in [5, 5.41) is 0. The van der Waals surface area contributed by atoms with Gasteiger partial charge in [-0.2, -0.15) is 0 Å². The number of likely N-dealkylation sites (tertiary alicyclic amines) is 1. The molecule has 4 aliphatic rings. The first-order chi connectivity index (χ1) is 28.1. The Balaban J connectivity index is 0.000000407. The molecule has 0 radical (unpaired) electrons. The second-order valence-corrected chi connectivity index (χ2v) is 23.4. The topological polar surface area (TPSA) is 31.4 Å². The molecular formula is C55H112N4O2. The van der Waals surface area contributed by atoms with E-state index in [9.17, 15) is 0 Å². The molecule has 364 valence electrons. The monoisotopic (exact) mass is 861 g/mol. The van der Waals surface area contributed by atoms with E-state index in [0.717, 1.165) is 38.0 Å². The van der Waals surface area contributed by atoms with Crippen LogP contribution in [0.5, 0.6) is 0 Å². The third-order valence-electron chi connectivity index (χ3n) is 16.0. The first-order valence-electron chi connectivity index (χ1n) is 26.1. The van der Waals surface area contributed by atoms with E-state index in [1.807, 2.05) is 0 Å². The minimum Gasteiger partial charge on any atom is -0.360 e. The number of rotatable bonds is 12. The molecule has 0 aliphatic carbocycles. The lowest BCUT2D eigenvalue weighted by Crippen LogP contribution is -2.66. The highest BCUT2D eigenvalue weighted by Crippen LogP contribution is 2.44. The molecule has 0 spiro atoms. The molecule has 6 nitrogen and oxygen atoms in total. The Bertz CT molecular complexity index is 1140. The highest BCUT2D eigenvalue weighted by atomic mass is 16.5. The number of hydrogen-bond acceptors (Lipinski definition) is 6. The van der Waals surface area contributed by atoms with Crippen LogP contribution in [0.15, 0.2) is 12.2 Å². The Morgan fingerprint density at radius 1 is 0.426 bits per heavy atom. The van der Waals surface area contributed by atoms with Gasteiger partial charge in [0.15, 0.2) is 0 Å². The third kappa shape index (κ3) is 13.1. The van der Waals surface area contributed by atoms with Crippen LogP contribution in [0.4, 0.5) is 0 Å².